The van der Waals surface area contributed by atoms with Gasteiger partial charge in [-0.1, -0.05) is 43.2 Å². The fourth-order valence-electron chi connectivity index (χ4n) is 3.57. The van der Waals surface area contributed by atoms with Crippen molar-refractivity contribution in [1.82, 2.24) is 9.62 Å². The van der Waals surface area contributed by atoms with Gasteiger partial charge in [-0.2, -0.15) is 0 Å². The lowest BCUT2D eigenvalue weighted by molar-refractivity contribution is -0.140. The van der Waals surface area contributed by atoms with Crippen LogP contribution in [0.15, 0.2) is 30.3 Å². The summed E-state index contributed by atoms with van der Waals surface area (Å²) in [6, 6.07) is 7.67. The van der Waals surface area contributed by atoms with Crippen LogP contribution in [0, 0.1) is 5.92 Å². The van der Waals surface area contributed by atoms with Crippen LogP contribution in [0.2, 0.25) is 0 Å². The third-order valence-electron chi connectivity index (χ3n) is 5.19. The Morgan fingerprint density at radius 3 is 2.35 bits per heavy atom. The summed E-state index contributed by atoms with van der Waals surface area (Å²) in [6.07, 6.45) is 3.93. The molecule has 1 saturated carbocycles. The summed E-state index contributed by atoms with van der Waals surface area (Å²) in [5.74, 6) is -1.15. The number of hydrogen-bond donors (Lipinski definition) is 2. The number of carboxylic acid groups (broad SMARTS) is 1. The molecule has 1 aliphatic heterocycles. The van der Waals surface area contributed by atoms with Crippen molar-refractivity contribution >= 4 is 21.9 Å². The smallest absolute Gasteiger partial charge is 0.322 e. The number of benzene rings is 1. The maximum Gasteiger partial charge on any atom is 0.322 e. The monoisotopic (exact) mass is 380 g/mol. The molecule has 2 fully saturated rings. The molecular weight excluding hydrogens is 356 g/mol. The number of nitrogens with zero attached hydrogens (tertiary/aromatic N) is 1. The lowest BCUT2D eigenvalue weighted by Gasteiger charge is -2.40. The largest absolute Gasteiger partial charge is 0.480 e. The number of rotatable bonds is 7. The highest BCUT2D eigenvalue weighted by Crippen LogP contribution is 2.29. The Morgan fingerprint density at radius 1 is 1.15 bits per heavy atom. The number of carbonyl (C=O) groups excluding carboxylic acids is 1. The van der Waals surface area contributed by atoms with E-state index in [0.717, 1.165) is 31.2 Å². The van der Waals surface area contributed by atoms with Gasteiger partial charge in [-0.05, 0) is 24.8 Å². The minimum Gasteiger partial charge on any atom is -0.480 e. The highest BCUT2D eigenvalue weighted by Gasteiger charge is 2.43. The van der Waals surface area contributed by atoms with Gasteiger partial charge >= 0.3 is 5.97 Å². The van der Waals surface area contributed by atoms with Gasteiger partial charge in [0.25, 0.3) is 0 Å². The number of sulfonamides is 1. The summed E-state index contributed by atoms with van der Waals surface area (Å²) in [4.78, 5) is 25.3. The average molecular weight is 380 g/mol. The number of carbonyl (C=O) groups is 2. The van der Waals surface area contributed by atoms with Crippen LogP contribution in [0.1, 0.15) is 31.2 Å². The zero-order chi connectivity index (χ0) is 18.7. The number of hydrogen-bond acceptors (Lipinski definition) is 4. The van der Waals surface area contributed by atoms with Crippen molar-refractivity contribution in [3.05, 3.63) is 35.9 Å². The molecule has 2 N–H and O–H groups in total. The molecule has 3 rings (SSSR count). The molecule has 1 aromatic rings. The van der Waals surface area contributed by atoms with Gasteiger partial charge in [-0.15, -0.1) is 0 Å². The van der Waals surface area contributed by atoms with Crippen LogP contribution in [0.5, 0.6) is 0 Å². The summed E-state index contributed by atoms with van der Waals surface area (Å²) >= 11 is 0. The first kappa shape index (κ1) is 18.8. The molecular formula is C18H24N2O5S. The van der Waals surface area contributed by atoms with E-state index in [1.54, 1.807) is 29.2 Å². The Morgan fingerprint density at radius 2 is 1.77 bits per heavy atom. The number of nitrogens with one attached hydrogen (secondary N) is 1. The van der Waals surface area contributed by atoms with E-state index in [0.29, 0.717) is 0 Å². The Bertz CT molecular complexity index is 753. The highest BCUT2D eigenvalue weighted by atomic mass is 32.2. The molecule has 2 aliphatic rings. The number of likely N-dealkylation sites (tertiary alicyclic amines) is 1. The predicted molar refractivity (Wildman–Crippen MR) is 96.0 cm³/mol. The normalized spacial score (nSPS) is 19.9. The number of amides is 1. The first-order chi connectivity index (χ1) is 12.4. The Hall–Kier alpha value is -1.93. The molecule has 1 aromatic carbocycles. The van der Waals surface area contributed by atoms with E-state index in [9.17, 15) is 23.1 Å². The van der Waals surface area contributed by atoms with Crippen LogP contribution < -0.4 is 4.72 Å². The lowest BCUT2D eigenvalue weighted by Crippen LogP contribution is -2.61. The minimum absolute atomic E-state index is 0.0245. The molecule has 0 unspecified atom stereocenters. The summed E-state index contributed by atoms with van der Waals surface area (Å²) in [6.45, 7) is 0.282. The lowest BCUT2D eigenvalue weighted by atomic mass is 10.0. The molecule has 1 atom stereocenters. The molecule has 0 radical (unpaired) electrons. The van der Waals surface area contributed by atoms with E-state index in [2.05, 4.69) is 4.72 Å². The standard InChI is InChI=1S/C18H24N2O5S/c21-17(14-8-4-5-9-14)20-11-15(12-20)26(24,25)19-16(18(22)23)10-13-6-2-1-3-7-13/h1-3,6-7,14-16,19H,4-5,8-12H2,(H,22,23)/t16-/m1/s1. The van der Waals surface area contributed by atoms with Crippen LogP contribution >= 0.6 is 0 Å². The quantitative estimate of drug-likeness (QED) is 0.735. The van der Waals surface area contributed by atoms with E-state index < -0.39 is 27.3 Å². The van der Waals surface area contributed by atoms with Gasteiger partial charge in [0.15, 0.2) is 0 Å². The molecule has 1 aliphatic carbocycles. The van der Waals surface area contributed by atoms with E-state index in [1.165, 1.54) is 0 Å². The van der Waals surface area contributed by atoms with Gasteiger partial charge in [0.1, 0.15) is 11.3 Å². The van der Waals surface area contributed by atoms with Crippen molar-refractivity contribution in [2.24, 2.45) is 5.92 Å². The Labute approximate surface area is 153 Å². The van der Waals surface area contributed by atoms with E-state index in [-0.39, 0.29) is 31.3 Å². The van der Waals surface area contributed by atoms with E-state index in [4.69, 9.17) is 0 Å². The van der Waals surface area contributed by atoms with Crippen molar-refractivity contribution in [1.29, 1.82) is 0 Å². The van der Waals surface area contributed by atoms with Gasteiger partial charge in [-0.3, -0.25) is 9.59 Å². The van der Waals surface area contributed by atoms with Crippen molar-refractivity contribution in [3.63, 3.8) is 0 Å². The second-order valence-electron chi connectivity index (χ2n) is 7.09. The summed E-state index contributed by atoms with van der Waals surface area (Å²) in [7, 11) is -3.80. The molecule has 142 valence electrons. The second kappa shape index (κ2) is 7.75. The first-order valence-corrected chi connectivity index (χ1v) is 10.5. The van der Waals surface area contributed by atoms with Crippen molar-refractivity contribution in [2.45, 2.75) is 43.4 Å². The molecule has 1 amide bonds. The topological polar surface area (TPSA) is 104 Å². The van der Waals surface area contributed by atoms with Crippen LogP contribution in [0.25, 0.3) is 0 Å². The zero-order valence-electron chi connectivity index (χ0n) is 14.5. The molecule has 8 heteroatoms. The molecule has 1 heterocycles. The summed E-state index contributed by atoms with van der Waals surface area (Å²) in [5.41, 5.74) is 0.745. The molecule has 0 bridgehead atoms. The number of aliphatic carboxylic acids is 1. The molecule has 26 heavy (non-hydrogen) atoms. The van der Waals surface area contributed by atoms with Crippen LogP contribution in [0.3, 0.4) is 0 Å². The molecule has 0 spiro atoms. The molecule has 1 saturated heterocycles. The van der Waals surface area contributed by atoms with Crippen LogP contribution in [0.4, 0.5) is 0 Å². The SMILES string of the molecule is O=C(O)[C@@H](Cc1ccccc1)NS(=O)(=O)C1CN(C(=O)C2CCCC2)C1. The van der Waals surface area contributed by atoms with Gasteiger partial charge in [0.05, 0.1) is 0 Å². The fourth-order valence-corrected chi connectivity index (χ4v) is 5.09. The third-order valence-corrected chi connectivity index (χ3v) is 6.98. The Kier molecular flexibility index (Phi) is 5.62. The van der Waals surface area contributed by atoms with Gasteiger partial charge in [0.2, 0.25) is 15.9 Å². The first-order valence-electron chi connectivity index (χ1n) is 8.93. The van der Waals surface area contributed by atoms with Crippen LogP contribution in [-0.2, 0) is 26.0 Å². The maximum atomic E-state index is 12.5. The van der Waals surface area contributed by atoms with Crippen LogP contribution in [-0.4, -0.2) is 54.7 Å². The van der Waals surface area contributed by atoms with Gasteiger partial charge in [0, 0.05) is 19.0 Å². The van der Waals surface area contributed by atoms with Crippen molar-refractivity contribution < 1.29 is 23.1 Å². The second-order valence-corrected chi connectivity index (χ2v) is 9.08. The highest BCUT2D eigenvalue weighted by molar-refractivity contribution is 7.90. The molecule has 7 nitrogen and oxygen atoms in total. The van der Waals surface area contributed by atoms with Crippen molar-refractivity contribution in [2.75, 3.05) is 13.1 Å². The average Bonchev–Trinajstić information content (AvgIpc) is 3.07. The van der Waals surface area contributed by atoms with Crippen molar-refractivity contribution in [3.8, 4) is 0 Å². The number of carboxylic acids is 1. The summed E-state index contributed by atoms with van der Waals surface area (Å²) < 4.78 is 27.3. The minimum atomic E-state index is -3.80. The fraction of sp³-hybridized carbons (Fsp3) is 0.556. The predicted octanol–water partition coefficient (Wildman–Crippen LogP) is 1.00. The van der Waals surface area contributed by atoms with Gasteiger partial charge < -0.3 is 10.0 Å². The Balaban J connectivity index is 1.57. The zero-order valence-corrected chi connectivity index (χ0v) is 15.3. The maximum absolute atomic E-state index is 12.5. The van der Waals surface area contributed by atoms with Gasteiger partial charge in [-0.25, -0.2) is 13.1 Å². The summed E-state index contributed by atoms with van der Waals surface area (Å²) in [5, 5.41) is 8.62. The third kappa shape index (κ3) is 4.24. The van der Waals surface area contributed by atoms with E-state index >= 15 is 0 Å². The molecule has 0 aromatic heterocycles. The van der Waals surface area contributed by atoms with E-state index in [1.807, 2.05) is 6.07 Å².